The van der Waals surface area contributed by atoms with Crippen LogP contribution in [0.3, 0.4) is 0 Å². The predicted molar refractivity (Wildman–Crippen MR) is 59.7 cm³/mol. The molecule has 4 bridgehead atoms. The van der Waals surface area contributed by atoms with Gasteiger partial charge in [0.15, 0.2) is 0 Å². The molecule has 4 fully saturated rings. The third kappa shape index (κ3) is 1.67. The van der Waals surface area contributed by atoms with Crippen LogP contribution in [-0.4, -0.2) is 17.8 Å². The molecule has 2 nitrogen and oxygen atoms in total. The summed E-state index contributed by atoms with van der Waals surface area (Å²) in [4.78, 5) is 11.4. The average molecular weight is 228 g/mol. The molecule has 4 aliphatic rings. The van der Waals surface area contributed by atoms with Crippen molar-refractivity contribution in [3.05, 3.63) is 0 Å². The van der Waals surface area contributed by atoms with Gasteiger partial charge in [0, 0.05) is 6.04 Å². The van der Waals surface area contributed by atoms with Crippen molar-refractivity contribution in [2.75, 3.05) is 5.88 Å². The number of halogens is 1. The Labute approximate surface area is 95.8 Å². The van der Waals surface area contributed by atoms with Crippen molar-refractivity contribution in [1.82, 2.24) is 5.32 Å². The van der Waals surface area contributed by atoms with Crippen LogP contribution < -0.4 is 5.32 Å². The van der Waals surface area contributed by atoms with E-state index in [0.29, 0.717) is 6.04 Å². The molecule has 1 amide bonds. The van der Waals surface area contributed by atoms with Crippen LogP contribution in [0.5, 0.6) is 0 Å². The van der Waals surface area contributed by atoms with Crippen LogP contribution in [-0.2, 0) is 4.79 Å². The Kier molecular flexibility index (Phi) is 2.42. The molecule has 0 atom stereocenters. The maximum absolute atomic E-state index is 11.4. The molecule has 1 N–H and O–H groups in total. The molecule has 0 aliphatic heterocycles. The number of carbonyl (C=O) groups is 1. The van der Waals surface area contributed by atoms with Gasteiger partial charge in [-0.15, -0.1) is 11.6 Å². The van der Waals surface area contributed by atoms with Crippen LogP contribution in [0.2, 0.25) is 0 Å². The van der Waals surface area contributed by atoms with E-state index in [0.717, 1.165) is 23.7 Å². The fourth-order valence-corrected chi connectivity index (χ4v) is 4.46. The molecule has 0 radical (unpaired) electrons. The molecule has 4 rings (SSSR count). The Bertz CT molecular complexity index is 251. The summed E-state index contributed by atoms with van der Waals surface area (Å²) >= 11 is 5.55. The van der Waals surface area contributed by atoms with E-state index in [1.165, 1.54) is 32.1 Å². The Morgan fingerprint density at radius 1 is 1.07 bits per heavy atom. The average Bonchev–Trinajstić information content (AvgIpc) is 2.22. The Morgan fingerprint density at radius 3 is 2.07 bits per heavy atom. The minimum atomic E-state index is 0.0224. The number of alkyl halides is 1. The number of hydrogen-bond donors (Lipinski definition) is 1. The van der Waals surface area contributed by atoms with Crippen molar-refractivity contribution < 1.29 is 4.79 Å². The zero-order valence-electron chi connectivity index (χ0n) is 8.92. The molecule has 0 heterocycles. The lowest BCUT2D eigenvalue weighted by atomic mass is 9.54. The molecule has 0 spiro atoms. The summed E-state index contributed by atoms with van der Waals surface area (Å²) in [5.41, 5.74) is 0. The first-order valence-electron chi connectivity index (χ1n) is 6.11. The van der Waals surface area contributed by atoms with Crippen LogP contribution >= 0.6 is 11.6 Å². The number of nitrogens with one attached hydrogen (secondary N) is 1. The summed E-state index contributed by atoms with van der Waals surface area (Å²) in [6.45, 7) is 0. The summed E-state index contributed by atoms with van der Waals surface area (Å²) in [6.07, 6.45) is 6.85. The molecule has 0 aromatic carbocycles. The predicted octanol–water partition coefficient (Wildman–Crippen LogP) is 2.17. The van der Waals surface area contributed by atoms with Crippen molar-refractivity contribution >= 4 is 17.5 Å². The van der Waals surface area contributed by atoms with E-state index in [-0.39, 0.29) is 11.8 Å². The molecule has 3 heteroatoms. The largest absolute Gasteiger partial charge is 0.352 e. The van der Waals surface area contributed by atoms with Crippen molar-refractivity contribution in [3.8, 4) is 0 Å². The second-order valence-corrected chi connectivity index (χ2v) is 5.92. The van der Waals surface area contributed by atoms with Gasteiger partial charge in [-0.05, 0) is 55.8 Å². The highest BCUT2D eigenvalue weighted by atomic mass is 35.5. The maximum Gasteiger partial charge on any atom is 0.235 e. The van der Waals surface area contributed by atoms with Crippen LogP contribution in [0, 0.1) is 23.7 Å². The smallest absolute Gasteiger partial charge is 0.235 e. The number of rotatable bonds is 2. The lowest BCUT2D eigenvalue weighted by molar-refractivity contribution is -0.122. The van der Waals surface area contributed by atoms with Gasteiger partial charge in [-0.3, -0.25) is 4.79 Å². The lowest BCUT2D eigenvalue weighted by Crippen LogP contribution is -2.56. The first-order valence-corrected chi connectivity index (χ1v) is 6.65. The first-order chi connectivity index (χ1) is 7.26. The highest BCUT2D eigenvalue weighted by molar-refractivity contribution is 6.27. The fraction of sp³-hybridized carbons (Fsp3) is 0.917. The second kappa shape index (κ2) is 3.65. The zero-order valence-corrected chi connectivity index (χ0v) is 9.67. The van der Waals surface area contributed by atoms with Crippen LogP contribution in [0.4, 0.5) is 0 Å². The van der Waals surface area contributed by atoms with Gasteiger partial charge in [-0.1, -0.05) is 0 Å². The van der Waals surface area contributed by atoms with Crippen molar-refractivity contribution in [2.45, 2.75) is 38.1 Å². The molecular formula is C12H18ClNO. The van der Waals surface area contributed by atoms with E-state index >= 15 is 0 Å². The van der Waals surface area contributed by atoms with E-state index in [1.807, 2.05) is 0 Å². The van der Waals surface area contributed by atoms with Gasteiger partial charge in [0.25, 0.3) is 0 Å². The van der Waals surface area contributed by atoms with Crippen molar-refractivity contribution in [3.63, 3.8) is 0 Å². The van der Waals surface area contributed by atoms with Crippen LogP contribution in [0.15, 0.2) is 0 Å². The van der Waals surface area contributed by atoms with Gasteiger partial charge in [0.05, 0.1) is 0 Å². The molecule has 15 heavy (non-hydrogen) atoms. The highest BCUT2D eigenvalue weighted by Gasteiger charge is 2.48. The molecule has 84 valence electrons. The summed E-state index contributed by atoms with van der Waals surface area (Å²) in [5.74, 6) is 3.59. The second-order valence-electron chi connectivity index (χ2n) is 5.66. The van der Waals surface area contributed by atoms with Gasteiger partial charge >= 0.3 is 0 Å². The maximum atomic E-state index is 11.4. The molecule has 4 saturated carbocycles. The van der Waals surface area contributed by atoms with Gasteiger partial charge in [0.2, 0.25) is 5.91 Å². The number of hydrogen-bond acceptors (Lipinski definition) is 1. The topological polar surface area (TPSA) is 29.1 Å². The van der Waals surface area contributed by atoms with E-state index < -0.39 is 0 Å². The molecule has 4 aliphatic carbocycles. The van der Waals surface area contributed by atoms with Crippen molar-refractivity contribution in [1.29, 1.82) is 0 Å². The molecule has 0 unspecified atom stereocenters. The monoisotopic (exact) mass is 227 g/mol. The SMILES string of the molecule is O=C(CCl)NC1C2CC3CC(C2)CC1C3. The minimum absolute atomic E-state index is 0.0224. The Balaban J connectivity index is 1.72. The lowest BCUT2D eigenvalue weighted by Gasteiger charge is -2.54. The molecule has 0 saturated heterocycles. The van der Waals surface area contributed by atoms with Gasteiger partial charge in [-0.25, -0.2) is 0 Å². The standard InChI is InChI=1S/C12H18ClNO/c13-6-11(15)14-12-9-2-7-1-8(4-9)5-10(12)3-7/h7-10,12H,1-6H2,(H,14,15). The third-order valence-electron chi connectivity index (χ3n) is 4.68. The first kappa shape index (κ1) is 9.95. The van der Waals surface area contributed by atoms with Gasteiger partial charge < -0.3 is 5.32 Å². The normalized spacial score (nSPS) is 46.9. The van der Waals surface area contributed by atoms with Crippen molar-refractivity contribution in [2.24, 2.45) is 23.7 Å². The fourth-order valence-electron chi connectivity index (χ4n) is 4.39. The van der Waals surface area contributed by atoms with Gasteiger partial charge in [-0.2, -0.15) is 0 Å². The highest BCUT2D eigenvalue weighted by Crippen LogP contribution is 2.53. The summed E-state index contributed by atoms with van der Waals surface area (Å²) in [5, 5.41) is 3.14. The summed E-state index contributed by atoms with van der Waals surface area (Å²) < 4.78 is 0. The number of carbonyl (C=O) groups excluding carboxylic acids is 1. The third-order valence-corrected chi connectivity index (χ3v) is 4.92. The molecule has 0 aromatic rings. The summed E-state index contributed by atoms with van der Waals surface area (Å²) in [6, 6.07) is 0.448. The minimum Gasteiger partial charge on any atom is -0.352 e. The van der Waals surface area contributed by atoms with Crippen LogP contribution in [0.1, 0.15) is 32.1 Å². The zero-order chi connectivity index (χ0) is 10.4. The molecule has 0 aromatic heterocycles. The number of amides is 1. The Hall–Kier alpha value is -0.240. The van der Waals surface area contributed by atoms with E-state index in [1.54, 1.807) is 0 Å². The van der Waals surface area contributed by atoms with Crippen LogP contribution in [0.25, 0.3) is 0 Å². The quantitative estimate of drug-likeness (QED) is 0.720. The van der Waals surface area contributed by atoms with E-state index in [4.69, 9.17) is 11.6 Å². The van der Waals surface area contributed by atoms with E-state index in [9.17, 15) is 4.79 Å². The molecular weight excluding hydrogens is 210 g/mol. The summed E-state index contributed by atoms with van der Waals surface area (Å²) in [7, 11) is 0. The van der Waals surface area contributed by atoms with Gasteiger partial charge in [0.1, 0.15) is 5.88 Å². The Morgan fingerprint density at radius 2 is 1.60 bits per heavy atom. The van der Waals surface area contributed by atoms with E-state index in [2.05, 4.69) is 5.32 Å².